The lowest BCUT2D eigenvalue weighted by atomic mass is 9.84. The Hall–Kier alpha value is -2.17. The number of fused-ring (bicyclic) bond motifs is 1. The molecule has 1 aliphatic rings. The number of para-hydroxylation sites is 1. The van der Waals surface area contributed by atoms with Gasteiger partial charge < -0.3 is 5.11 Å². The molecule has 0 saturated heterocycles. The SMILES string of the molecule is O=C1N(O)c2ccccc2C[C@]1(O)Cc1ccccc1. The zero-order valence-corrected chi connectivity index (χ0v) is 10.9. The van der Waals surface area contributed by atoms with Gasteiger partial charge in [-0.3, -0.25) is 10.0 Å². The number of benzene rings is 2. The number of hydrogen-bond donors (Lipinski definition) is 2. The van der Waals surface area contributed by atoms with Crippen LogP contribution in [0.1, 0.15) is 11.1 Å². The van der Waals surface area contributed by atoms with E-state index in [4.69, 9.17) is 0 Å². The van der Waals surface area contributed by atoms with E-state index in [1.54, 1.807) is 18.2 Å². The van der Waals surface area contributed by atoms with E-state index in [2.05, 4.69) is 0 Å². The van der Waals surface area contributed by atoms with Gasteiger partial charge >= 0.3 is 0 Å². The summed E-state index contributed by atoms with van der Waals surface area (Å²) in [4.78, 5) is 12.2. The molecule has 0 fully saturated rings. The fourth-order valence-electron chi connectivity index (χ4n) is 2.64. The van der Waals surface area contributed by atoms with Crippen LogP contribution < -0.4 is 5.06 Å². The van der Waals surface area contributed by atoms with Crippen molar-refractivity contribution in [3.05, 3.63) is 65.7 Å². The van der Waals surface area contributed by atoms with Crippen LogP contribution >= 0.6 is 0 Å². The molecule has 1 heterocycles. The second kappa shape index (κ2) is 4.74. The summed E-state index contributed by atoms with van der Waals surface area (Å²) in [6, 6.07) is 16.3. The van der Waals surface area contributed by atoms with E-state index >= 15 is 0 Å². The fraction of sp³-hybridized carbons (Fsp3) is 0.188. The Balaban J connectivity index is 1.97. The molecule has 2 N–H and O–H groups in total. The Kier molecular flexibility index (Phi) is 3.04. The van der Waals surface area contributed by atoms with E-state index in [0.717, 1.165) is 11.1 Å². The van der Waals surface area contributed by atoms with Crippen molar-refractivity contribution in [1.29, 1.82) is 0 Å². The Bertz CT molecular complexity index is 641. The predicted octanol–water partition coefficient (Wildman–Crippen LogP) is 1.94. The first-order valence-electron chi connectivity index (χ1n) is 6.48. The van der Waals surface area contributed by atoms with E-state index in [0.29, 0.717) is 10.8 Å². The quantitative estimate of drug-likeness (QED) is 0.819. The lowest BCUT2D eigenvalue weighted by molar-refractivity contribution is -0.143. The van der Waals surface area contributed by atoms with Crippen LogP contribution in [0.25, 0.3) is 0 Å². The largest absolute Gasteiger partial charge is 0.379 e. The summed E-state index contributed by atoms with van der Waals surface area (Å²) < 4.78 is 0. The number of amides is 1. The highest BCUT2D eigenvalue weighted by Crippen LogP contribution is 2.33. The molecule has 1 aliphatic heterocycles. The summed E-state index contributed by atoms with van der Waals surface area (Å²) in [5.74, 6) is -0.681. The predicted molar refractivity (Wildman–Crippen MR) is 74.5 cm³/mol. The molecule has 102 valence electrons. The summed E-state index contributed by atoms with van der Waals surface area (Å²) in [5, 5.41) is 21.2. The third-order valence-electron chi connectivity index (χ3n) is 3.63. The normalized spacial score (nSPS) is 21.7. The molecule has 1 amide bonds. The molecule has 2 aromatic rings. The molecule has 3 rings (SSSR count). The summed E-state index contributed by atoms with van der Waals surface area (Å²) in [6.45, 7) is 0. The smallest absolute Gasteiger partial charge is 0.283 e. The van der Waals surface area contributed by atoms with E-state index in [1.165, 1.54) is 0 Å². The van der Waals surface area contributed by atoms with Gasteiger partial charge in [-0.2, -0.15) is 5.06 Å². The molecule has 2 aromatic carbocycles. The van der Waals surface area contributed by atoms with Gasteiger partial charge in [-0.25, -0.2) is 0 Å². The number of hydrogen-bond acceptors (Lipinski definition) is 3. The lowest BCUT2D eigenvalue weighted by Crippen LogP contribution is -2.54. The molecule has 1 atom stereocenters. The maximum Gasteiger partial charge on any atom is 0.283 e. The van der Waals surface area contributed by atoms with Crippen LogP contribution in [-0.2, 0) is 17.6 Å². The number of carbonyl (C=O) groups is 1. The highest BCUT2D eigenvalue weighted by Gasteiger charge is 2.44. The van der Waals surface area contributed by atoms with Crippen molar-refractivity contribution in [2.75, 3.05) is 5.06 Å². The standard InChI is InChI=1S/C16H15NO3/c18-15-16(19,10-12-6-2-1-3-7-12)11-13-8-4-5-9-14(13)17(15)20/h1-9,19-20H,10-11H2/t16-/m1/s1. The Morgan fingerprint density at radius 2 is 1.70 bits per heavy atom. The van der Waals surface area contributed by atoms with Gasteiger partial charge in [0.05, 0.1) is 5.69 Å². The first-order chi connectivity index (χ1) is 9.60. The van der Waals surface area contributed by atoms with Crippen LogP contribution in [-0.4, -0.2) is 21.8 Å². The van der Waals surface area contributed by atoms with Gasteiger partial charge in [0.25, 0.3) is 5.91 Å². The third kappa shape index (κ3) is 2.09. The summed E-state index contributed by atoms with van der Waals surface area (Å²) in [7, 11) is 0. The molecule has 0 spiro atoms. The van der Waals surface area contributed by atoms with E-state index in [9.17, 15) is 15.1 Å². The second-order valence-electron chi connectivity index (χ2n) is 5.12. The average molecular weight is 269 g/mol. The van der Waals surface area contributed by atoms with Gasteiger partial charge in [-0.15, -0.1) is 0 Å². The van der Waals surface area contributed by atoms with Crippen LogP contribution in [0.2, 0.25) is 0 Å². The van der Waals surface area contributed by atoms with Crippen LogP contribution in [0.15, 0.2) is 54.6 Å². The molecule has 0 bridgehead atoms. The Morgan fingerprint density at radius 3 is 2.45 bits per heavy atom. The summed E-state index contributed by atoms with van der Waals surface area (Å²) in [5.41, 5.74) is 0.448. The molecule has 4 nitrogen and oxygen atoms in total. The minimum atomic E-state index is -1.61. The maximum absolute atomic E-state index is 12.2. The summed E-state index contributed by atoms with van der Waals surface area (Å²) >= 11 is 0. The first-order valence-corrected chi connectivity index (χ1v) is 6.48. The van der Waals surface area contributed by atoms with E-state index < -0.39 is 11.5 Å². The highest BCUT2D eigenvalue weighted by atomic mass is 16.5. The molecular weight excluding hydrogens is 254 g/mol. The summed E-state index contributed by atoms with van der Waals surface area (Å²) in [6.07, 6.45) is 0.381. The lowest BCUT2D eigenvalue weighted by Gasteiger charge is -2.36. The van der Waals surface area contributed by atoms with Gasteiger partial charge in [0, 0.05) is 12.8 Å². The third-order valence-corrected chi connectivity index (χ3v) is 3.63. The molecule has 0 radical (unpaired) electrons. The second-order valence-corrected chi connectivity index (χ2v) is 5.12. The minimum Gasteiger partial charge on any atom is -0.379 e. The highest BCUT2D eigenvalue weighted by molar-refractivity contribution is 6.00. The fourth-order valence-corrected chi connectivity index (χ4v) is 2.64. The molecule has 20 heavy (non-hydrogen) atoms. The molecule has 0 saturated carbocycles. The molecule has 0 aliphatic carbocycles. The number of rotatable bonds is 2. The van der Waals surface area contributed by atoms with Crippen LogP contribution in [0.3, 0.4) is 0 Å². The van der Waals surface area contributed by atoms with Gasteiger partial charge in [-0.05, 0) is 17.2 Å². The van der Waals surface area contributed by atoms with Gasteiger partial charge in [-0.1, -0.05) is 48.5 Å². The molecule has 0 unspecified atom stereocenters. The zero-order valence-electron chi connectivity index (χ0n) is 10.9. The van der Waals surface area contributed by atoms with Crippen molar-refractivity contribution in [1.82, 2.24) is 0 Å². The van der Waals surface area contributed by atoms with Crippen molar-refractivity contribution < 1.29 is 15.1 Å². The molecule has 4 heteroatoms. The number of carbonyl (C=O) groups excluding carboxylic acids is 1. The number of anilines is 1. The number of nitrogens with zero attached hydrogens (tertiary/aromatic N) is 1. The Morgan fingerprint density at radius 1 is 1.05 bits per heavy atom. The topological polar surface area (TPSA) is 60.8 Å². The number of hydroxylamine groups is 1. The van der Waals surface area contributed by atoms with E-state index in [-0.39, 0.29) is 12.8 Å². The average Bonchev–Trinajstić information content (AvgIpc) is 2.46. The van der Waals surface area contributed by atoms with Crippen LogP contribution in [0, 0.1) is 0 Å². The van der Waals surface area contributed by atoms with Gasteiger partial charge in [0.15, 0.2) is 5.60 Å². The Labute approximate surface area is 116 Å². The van der Waals surface area contributed by atoms with Crippen LogP contribution in [0.4, 0.5) is 5.69 Å². The van der Waals surface area contributed by atoms with Crippen molar-refractivity contribution in [3.8, 4) is 0 Å². The molecule has 0 aromatic heterocycles. The minimum absolute atomic E-state index is 0.179. The molecular formula is C16H15NO3. The van der Waals surface area contributed by atoms with Crippen molar-refractivity contribution in [3.63, 3.8) is 0 Å². The van der Waals surface area contributed by atoms with Gasteiger partial charge in [0.1, 0.15) is 0 Å². The van der Waals surface area contributed by atoms with Crippen LogP contribution in [0.5, 0.6) is 0 Å². The van der Waals surface area contributed by atoms with Crippen molar-refractivity contribution in [2.24, 2.45) is 0 Å². The monoisotopic (exact) mass is 269 g/mol. The maximum atomic E-state index is 12.2. The van der Waals surface area contributed by atoms with Crippen molar-refractivity contribution >= 4 is 11.6 Å². The zero-order chi connectivity index (χ0) is 14.2. The first kappa shape index (κ1) is 12.8. The van der Waals surface area contributed by atoms with Crippen molar-refractivity contribution in [2.45, 2.75) is 18.4 Å². The van der Waals surface area contributed by atoms with Gasteiger partial charge in [0.2, 0.25) is 0 Å². The van der Waals surface area contributed by atoms with E-state index in [1.807, 2.05) is 36.4 Å². The number of aliphatic hydroxyl groups is 1.